The maximum absolute atomic E-state index is 12.6. The van der Waals surface area contributed by atoms with Gasteiger partial charge in [0.1, 0.15) is 6.61 Å². The van der Waals surface area contributed by atoms with Gasteiger partial charge in [0.2, 0.25) is 5.91 Å². The molecule has 1 aliphatic rings. The van der Waals surface area contributed by atoms with Gasteiger partial charge < -0.3 is 4.74 Å². The zero-order valence-electron chi connectivity index (χ0n) is 16.0. The highest BCUT2D eigenvalue weighted by molar-refractivity contribution is 5.93. The third-order valence-electron chi connectivity index (χ3n) is 4.74. The third-order valence-corrected chi connectivity index (χ3v) is 4.74. The summed E-state index contributed by atoms with van der Waals surface area (Å²) in [5.41, 5.74) is 2.23. The Kier molecular flexibility index (Phi) is 7.64. The molecular weight excluding hydrogens is 326 g/mol. The van der Waals surface area contributed by atoms with Crippen LogP contribution in [0, 0.1) is 5.92 Å². The first-order chi connectivity index (χ1) is 12.5. The number of benzene rings is 1. The number of allylic oxidation sites excluding steroid dienone is 4. The first kappa shape index (κ1) is 20.0. The van der Waals surface area contributed by atoms with E-state index < -0.39 is 6.09 Å². The Bertz CT molecular complexity index is 663. The molecule has 0 saturated carbocycles. The van der Waals surface area contributed by atoms with Crippen LogP contribution in [0.4, 0.5) is 4.79 Å². The quantitative estimate of drug-likeness (QED) is 0.623. The van der Waals surface area contributed by atoms with E-state index in [0.717, 1.165) is 17.6 Å². The van der Waals surface area contributed by atoms with Crippen LogP contribution in [0.2, 0.25) is 0 Å². The van der Waals surface area contributed by atoms with Gasteiger partial charge in [0.15, 0.2) is 0 Å². The van der Waals surface area contributed by atoms with E-state index in [4.69, 9.17) is 4.74 Å². The molecule has 0 unspecified atom stereocenters. The van der Waals surface area contributed by atoms with Gasteiger partial charge in [-0.15, -0.1) is 0 Å². The van der Waals surface area contributed by atoms with Crippen LogP contribution >= 0.6 is 0 Å². The van der Waals surface area contributed by atoms with Gasteiger partial charge in [-0.05, 0) is 31.2 Å². The Hall–Kier alpha value is -2.36. The molecule has 0 bridgehead atoms. The molecule has 0 aromatic heterocycles. The lowest BCUT2D eigenvalue weighted by molar-refractivity contribution is -0.129. The molecule has 1 aromatic carbocycles. The van der Waals surface area contributed by atoms with Crippen molar-refractivity contribution in [2.24, 2.45) is 5.92 Å². The van der Waals surface area contributed by atoms with Crippen molar-refractivity contribution >= 4 is 12.0 Å². The average Bonchev–Trinajstić information content (AvgIpc) is 3.00. The molecule has 1 aromatic rings. The van der Waals surface area contributed by atoms with E-state index in [-0.39, 0.29) is 18.6 Å². The number of rotatable bonds is 8. The maximum atomic E-state index is 12.6. The van der Waals surface area contributed by atoms with Crippen LogP contribution in [0.5, 0.6) is 0 Å². The molecule has 2 atom stereocenters. The first-order valence-electron chi connectivity index (χ1n) is 9.38. The van der Waals surface area contributed by atoms with Crippen LogP contribution in [0.1, 0.15) is 45.6 Å². The van der Waals surface area contributed by atoms with Crippen molar-refractivity contribution in [3.63, 3.8) is 0 Å². The smallest absolute Gasteiger partial charge is 0.416 e. The van der Waals surface area contributed by atoms with E-state index in [2.05, 4.69) is 26.0 Å². The minimum Gasteiger partial charge on any atom is -0.447 e. The van der Waals surface area contributed by atoms with Crippen molar-refractivity contribution < 1.29 is 14.3 Å². The molecule has 0 radical (unpaired) electrons. The molecule has 2 rings (SSSR count). The number of carbonyl (C=O) groups is 2. The number of cyclic esters (lactones) is 1. The Morgan fingerprint density at radius 3 is 2.73 bits per heavy atom. The van der Waals surface area contributed by atoms with E-state index in [0.29, 0.717) is 25.2 Å². The number of ether oxygens (including phenoxy) is 1. The molecule has 4 nitrogen and oxygen atoms in total. The topological polar surface area (TPSA) is 46.6 Å². The standard InChI is InChI=1S/C22H29NO3/c1-4-17(2)9-8-10-18(3)13-14-21(24)23-20(16-26-22(23)25)15-19-11-6-5-7-12-19/h5-12,17,20H,4,13-16H2,1-3H3/b9-8+,18-10+/t17-,20+/m0/s1. The Morgan fingerprint density at radius 1 is 1.31 bits per heavy atom. The second kappa shape index (κ2) is 9.95. The van der Waals surface area contributed by atoms with Crippen molar-refractivity contribution in [3.8, 4) is 0 Å². The van der Waals surface area contributed by atoms with Crippen molar-refractivity contribution in [1.82, 2.24) is 4.90 Å². The van der Waals surface area contributed by atoms with Gasteiger partial charge in [-0.3, -0.25) is 4.79 Å². The number of nitrogens with zero attached hydrogens (tertiary/aromatic N) is 1. The minimum absolute atomic E-state index is 0.160. The first-order valence-corrected chi connectivity index (χ1v) is 9.38. The lowest BCUT2D eigenvalue weighted by Gasteiger charge is -2.19. The molecule has 2 amide bonds. The third kappa shape index (κ3) is 5.87. The lowest BCUT2D eigenvalue weighted by Crippen LogP contribution is -2.40. The molecule has 140 valence electrons. The number of carbonyl (C=O) groups excluding carboxylic acids is 2. The van der Waals surface area contributed by atoms with Crippen LogP contribution in [-0.2, 0) is 16.0 Å². The fraction of sp³-hybridized carbons (Fsp3) is 0.455. The summed E-state index contributed by atoms with van der Waals surface area (Å²) in [6, 6.07) is 9.66. The summed E-state index contributed by atoms with van der Waals surface area (Å²) in [6.45, 7) is 6.62. The molecule has 0 N–H and O–H groups in total. The zero-order valence-corrected chi connectivity index (χ0v) is 16.0. The highest BCUT2D eigenvalue weighted by atomic mass is 16.6. The Morgan fingerprint density at radius 2 is 2.04 bits per heavy atom. The highest BCUT2D eigenvalue weighted by Gasteiger charge is 2.37. The fourth-order valence-electron chi connectivity index (χ4n) is 2.86. The van der Waals surface area contributed by atoms with Crippen molar-refractivity contribution in [1.29, 1.82) is 0 Å². The fourth-order valence-corrected chi connectivity index (χ4v) is 2.86. The van der Waals surface area contributed by atoms with Gasteiger partial charge in [0.05, 0.1) is 6.04 Å². The number of hydrogen-bond acceptors (Lipinski definition) is 3. The summed E-state index contributed by atoms with van der Waals surface area (Å²) >= 11 is 0. The molecule has 1 aliphatic heterocycles. The van der Waals surface area contributed by atoms with Crippen LogP contribution in [-0.4, -0.2) is 29.5 Å². The van der Waals surface area contributed by atoms with E-state index in [9.17, 15) is 9.59 Å². The van der Waals surface area contributed by atoms with Crippen molar-refractivity contribution in [2.75, 3.05) is 6.61 Å². The molecule has 1 heterocycles. The largest absolute Gasteiger partial charge is 0.447 e. The normalized spacial score (nSPS) is 19.0. The SMILES string of the molecule is CC[C@H](C)/C=C/C=C(\C)CCC(=O)N1C(=O)OC[C@H]1Cc1ccccc1. The van der Waals surface area contributed by atoms with Gasteiger partial charge in [-0.1, -0.05) is 74.4 Å². The van der Waals surface area contributed by atoms with Gasteiger partial charge >= 0.3 is 6.09 Å². The number of imide groups is 1. The Balaban J connectivity index is 1.91. The molecular formula is C22H29NO3. The molecule has 1 fully saturated rings. The summed E-state index contributed by atoms with van der Waals surface area (Å²) in [7, 11) is 0. The molecule has 1 saturated heterocycles. The van der Waals surface area contributed by atoms with E-state index in [1.807, 2.05) is 43.3 Å². The maximum Gasteiger partial charge on any atom is 0.416 e. The van der Waals surface area contributed by atoms with Crippen LogP contribution < -0.4 is 0 Å². The summed E-state index contributed by atoms with van der Waals surface area (Å²) in [5.74, 6) is 0.394. The van der Waals surface area contributed by atoms with Crippen LogP contribution in [0.15, 0.2) is 54.1 Å². The van der Waals surface area contributed by atoms with Crippen molar-refractivity contribution in [3.05, 3.63) is 59.7 Å². The zero-order chi connectivity index (χ0) is 18.9. The van der Waals surface area contributed by atoms with E-state index >= 15 is 0 Å². The predicted molar refractivity (Wildman–Crippen MR) is 104 cm³/mol. The summed E-state index contributed by atoms with van der Waals surface area (Å²) in [6.07, 6.45) is 8.45. The minimum atomic E-state index is -0.519. The summed E-state index contributed by atoms with van der Waals surface area (Å²) < 4.78 is 5.12. The second-order valence-corrected chi connectivity index (χ2v) is 6.97. The number of hydrogen-bond donors (Lipinski definition) is 0. The van der Waals surface area contributed by atoms with Gasteiger partial charge in [0, 0.05) is 6.42 Å². The van der Waals surface area contributed by atoms with Gasteiger partial charge in [0.25, 0.3) is 0 Å². The monoisotopic (exact) mass is 355 g/mol. The molecule has 26 heavy (non-hydrogen) atoms. The van der Waals surface area contributed by atoms with Crippen LogP contribution in [0.25, 0.3) is 0 Å². The Labute approximate surface area is 156 Å². The van der Waals surface area contributed by atoms with E-state index in [1.54, 1.807) is 0 Å². The second-order valence-electron chi connectivity index (χ2n) is 6.97. The summed E-state index contributed by atoms with van der Waals surface area (Å²) in [5, 5.41) is 0. The molecule has 0 aliphatic carbocycles. The van der Waals surface area contributed by atoms with Crippen molar-refractivity contribution in [2.45, 2.75) is 52.5 Å². The average molecular weight is 355 g/mol. The highest BCUT2D eigenvalue weighted by Crippen LogP contribution is 2.19. The van der Waals surface area contributed by atoms with Gasteiger partial charge in [-0.2, -0.15) is 0 Å². The lowest BCUT2D eigenvalue weighted by atomic mass is 10.0. The molecule has 0 spiro atoms. The molecule has 4 heteroatoms. The van der Waals surface area contributed by atoms with Gasteiger partial charge in [-0.25, -0.2) is 9.69 Å². The predicted octanol–water partition coefficient (Wildman–Crippen LogP) is 4.91. The summed E-state index contributed by atoms with van der Waals surface area (Å²) in [4.78, 5) is 25.9. The number of amides is 2. The van der Waals surface area contributed by atoms with E-state index in [1.165, 1.54) is 4.90 Å². The van der Waals surface area contributed by atoms with Crippen LogP contribution in [0.3, 0.4) is 0 Å².